The summed E-state index contributed by atoms with van der Waals surface area (Å²) in [5.41, 5.74) is 0.716. The molecule has 0 spiro atoms. The highest BCUT2D eigenvalue weighted by atomic mass is 35.5. The number of methoxy groups -OCH3 is 1. The lowest BCUT2D eigenvalue weighted by atomic mass is 10.0. The second-order valence-electron chi connectivity index (χ2n) is 5.07. The Hall–Kier alpha value is -1.10. The molecule has 1 aliphatic heterocycles. The number of nitrogens with zero attached hydrogens (tertiary/aromatic N) is 1. The van der Waals surface area contributed by atoms with Gasteiger partial charge in [0.2, 0.25) is 0 Å². The number of benzene rings is 1. The molecule has 1 aromatic carbocycles. The molecule has 0 radical (unpaired) electrons. The van der Waals surface area contributed by atoms with Crippen LogP contribution in [-0.4, -0.2) is 42.5 Å². The van der Waals surface area contributed by atoms with Crippen LogP contribution in [0.25, 0.3) is 0 Å². The average molecular weight is 298 g/mol. The molecule has 1 aromatic rings. The van der Waals surface area contributed by atoms with E-state index in [-0.39, 0.29) is 0 Å². The van der Waals surface area contributed by atoms with Crippen LogP contribution in [0.3, 0.4) is 0 Å². The lowest BCUT2D eigenvalue weighted by molar-refractivity contribution is -0.121. The van der Waals surface area contributed by atoms with E-state index >= 15 is 0 Å². The summed E-state index contributed by atoms with van der Waals surface area (Å²) in [5.74, 6) is 0.981. The Kier molecular flexibility index (Phi) is 5.40. The number of Topliss-reactive ketones (excluding diaryl/α,β-unsaturated/α-hetero) is 1. The molecule has 0 bridgehead atoms. The monoisotopic (exact) mass is 297 g/mol. The molecule has 0 saturated carbocycles. The fourth-order valence-electron chi connectivity index (χ4n) is 2.45. The first kappa shape index (κ1) is 15.3. The van der Waals surface area contributed by atoms with Crippen molar-refractivity contribution in [2.24, 2.45) is 0 Å². The second kappa shape index (κ2) is 7.07. The summed E-state index contributed by atoms with van der Waals surface area (Å²) in [4.78, 5) is 13.4. The zero-order valence-corrected chi connectivity index (χ0v) is 12.4. The van der Waals surface area contributed by atoms with E-state index in [1.807, 2.05) is 0 Å². The zero-order chi connectivity index (χ0) is 14.5. The molecule has 5 heteroatoms. The lowest BCUT2D eigenvalue weighted by Gasteiger charge is -2.27. The number of rotatable bonds is 5. The highest BCUT2D eigenvalue weighted by molar-refractivity contribution is 6.30. The van der Waals surface area contributed by atoms with Gasteiger partial charge < -0.3 is 14.7 Å². The molecule has 1 unspecified atom stereocenters. The van der Waals surface area contributed by atoms with E-state index in [1.165, 1.54) is 0 Å². The summed E-state index contributed by atoms with van der Waals surface area (Å²) < 4.78 is 5.25. The van der Waals surface area contributed by atoms with Crippen LogP contribution in [0.4, 0.5) is 0 Å². The molecule has 1 saturated heterocycles. The van der Waals surface area contributed by atoms with Crippen LogP contribution >= 0.6 is 11.6 Å². The summed E-state index contributed by atoms with van der Waals surface area (Å²) >= 11 is 5.97. The number of ether oxygens (including phenoxy) is 1. The fraction of sp³-hybridized carbons (Fsp3) is 0.533. The van der Waals surface area contributed by atoms with Crippen molar-refractivity contribution in [3.8, 4) is 5.75 Å². The van der Waals surface area contributed by atoms with Crippen LogP contribution in [0.15, 0.2) is 18.2 Å². The van der Waals surface area contributed by atoms with Gasteiger partial charge in [0.1, 0.15) is 11.5 Å². The van der Waals surface area contributed by atoms with E-state index in [0.717, 1.165) is 19.6 Å². The van der Waals surface area contributed by atoms with Crippen molar-refractivity contribution in [1.82, 2.24) is 4.90 Å². The first-order valence-electron chi connectivity index (χ1n) is 6.85. The summed E-state index contributed by atoms with van der Waals surface area (Å²) in [6, 6.07) is 5.25. The van der Waals surface area contributed by atoms with Gasteiger partial charge in [0.25, 0.3) is 0 Å². The Bertz CT molecular complexity index is 468. The lowest BCUT2D eigenvalue weighted by Crippen LogP contribution is -2.35. The van der Waals surface area contributed by atoms with Gasteiger partial charge in [-0.1, -0.05) is 11.6 Å². The van der Waals surface area contributed by atoms with Gasteiger partial charge in [0.05, 0.1) is 13.2 Å². The van der Waals surface area contributed by atoms with Crippen molar-refractivity contribution < 1.29 is 14.6 Å². The van der Waals surface area contributed by atoms with Gasteiger partial charge in [0.15, 0.2) is 0 Å². The molecule has 0 amide bonds. The van der Waals surface area contributed by atoms with Crippen LogP contribution in [-0.2, 0) is 4.79 Å². The molecule has 2 rings (SSSR count). The molecule has 1 aliphatic rings. The maximum Gasteiger partial charge on any atom is 0.135 e. The minimum Gasteiger partial charge on any atom is -0.496 e. The first-order chi connectivity index (χ1) is 9.60. The molecule has 110 valence electrons. The third-order valence-corrected chi connectivity index (χ3v) is 3.92. The number of hydrogen-bond donors (Lipinski definition) is 1. The van der Waals surface area contributed by atoms with E-state index in [9.17, 15) is 9.90 Å². The van der Waals surface area contributed by atoms with Crippen LogP contribution in [0.1, 0.15) is 30.9 Å². The van der Waals surface area contributed by atoms with Gasteiger partial charge in [-0.2, -0.15) is 0 Å². The molecule has 1 N–H and O–H groups in total. The molecular formula is C15H20ClNO3. The quantitative estimate of drug-likeness (QED) is 0.907. The van der Waals surface area contributed by atoms with Crippen molar-refractivity contribution in [3.63, 3.8) is 0 Å². The number of halogens is 1. The standard InChI is InChI=1S/C15H20ClNO3/c1-20-15-3-2-11(16)10-13(15)14(19)6-9-17-7-4-12(18)5-8-17/h2-3,10,14,19H,4-9H2,1H3. The van der Waals surface area contributed by atoms with Crippen molar-refractivity contribution >= 4 is 17.4 Å². The molecule has 1 atom stereocenters. The fourth-order valence-corrected chi connectivity index (χ4v) is 2.63. The predicted molar refractivity (Wildman–Crippen MR) is 78.3 cm³/mol. The van der Waals surface area contributed by atoms with Crippen molar-refractivity contribution in [2.75, 3.05) is 26.7 Å². The van der Waals surface area contributed by atoms with Crippen LogP contribution in [0.2, 0.25) is 5.02 Å². The van der Waals surface area contributed by atoms with Gasteiger partial charge in [-0.25, -0.2) is 0 Å². The number of likely N-dealkylation sites (tertiary alicyclic amines) is 1. The van der Waals surface area contributed by atoms with E-state index in [1.54, 1.807) is 25.3 Å². The number of carbonyl (C=O) groups excluding carboxylic acids is 1. The van der Waals surface area contributed by atoms with E-state index in [2.05, 4.69) is 4.90 Å². The molecule has 0 aromatic heterocycles. The largest absolute Gasteiger partial charge is 0.496 e. The number of carbonyl (C=O) groups is 1. The molecule has 1 heterocycles. The number of ketones is 1. The SMILES string of the molecule is COc1ccc(Cl)cc1C(O)CCN1CCC(=O)CC1. The normalized spacial score (nSPS) is 18.1. The van der Waals surface area contributed by atoms with Gasteiger partial charge in [-0.05, 0) is 24.6 Å². The highest BCUT2D eigenvalue weighted by Gasteiger charge is 2.19. The third kappa shape index (κ3) is 3.95. The summed E-state index contributed by atoms with van der Waals surface area (Å²) in [6.07, 6.45) is 1.24. The van der Waals surface area contributed by atoms with E-state index < -0.39 is 6.10 Å². The first-order valence-corrected chi connectivity index (χ1v) is 7.23. The van der Waals surface area contributed by atoms with Crippen molar-refractivity contribution in [2.45, 2.75) is 25.4 Å². The summed E-state index contributed by atoms with van der Waals surface area (Å²) in [5, 5.41) is 10.9. The molecular weight excluding hydrogens is 278 g/mol. The third-order valence-electron chi connectivity index (χ3n) is 3.68. The molecule has 20 heavy (non-hydrogen) atoms. The van der Waals surface area contributed by atoms with Gasteiger partial charge in [0, 0.05) is 43.1 Å². The number of hydrogen-bond acceptors (Lipinski definition) is 4. The molecule has 0 aliphatic carbocycles. The number of aliphatic hydroxyl groups excluding tert-OH is 1. The van der Waals surface area contributed by atoms with Gasteiger partial charge in [-0.3, -0.25) is 4.79 Å². The Balaban J connectivity index is 1.93. The van der Waals surface area contributed by atoms with E-state index in [4.69, 9.17) is 16.3 Å². The predicted octanol–water partition coefficient (Wildman–Crippen LogP) is 2.44. The minimum absolute atomic E-state index is 0.332. The second-order valence-corrected chi connectivity index (χ2v) is 5.51. The Morgan fingerprint density at radius 3 is 2.75 bits per heavy atom. The van der Waals surface area contributed by atoms with Gasteiger partial charge in [-0.15, -0.1) is 0 Å². The summed E-state index contributed by atoms with van der Waals surface area (Å²) in [7, 11) is 1.58. The Morgan fingerprint density at radius 1 is 1.40 bits per heavy atom. The van der Waals surface area contributed by atoms with Crippen LogP contribution in [0.5, 0.6) is 5.75 Å². The van der Waals surface area contributed by atoms with E-state index in [0.29, 0.717) is 41.4 Å². The zero-order valence-electron chi connectivity index (χ0n) is 11.6. The van der Waals surface area contributed by atoms with Gasteiger partial charge >= 0.3 is 0 Å². The average Bonchev–Trinajstić information content (AvgIpc) is 2.46. The smallest absolute Gasteiger partial charge is 0.135 e. The molecule has 4 nitrogen and oxygen atoms in total. The minimum atomic E-state index is -0.610. The maximum atomic E-state index is 11.2. The number of aliphatic hydroxyl groups is 1. The molecule has 1 fully saturated rings. The Labute approximate surface area is 124 Å². The maximum absolute atomic E-state index is 11.2. The van der Waals surface area contributed by atoms with Crippen LogP contribution in [0, 0.1) is 0 Å². The topological polar surface area (TPSA) is 49.8 Å². The highest BCUT2D eigenvalue weighted by Crippen LogP contribution is 2.30. The Morgan fingerprint density at radius 2 is 2.10 bits per heavy atom. The number of piperidine rings is 1. The van der Waals surface area contributed by atoms with Crippen molar-refractivity contribution in [1.29, 1.82) is 0 Å². The van der Waals surface area contributed by atoms with Crippen molar-refractivity contribution in [3.05, 3.63) is 28.8 Å². The summed E-state index contributed by atoms with van der Waals surface area (Å²) in [6.45, 7) is 2.35. The van der Waals surface area contributed by atoms with Crippen LogP contribution < -0.4 is 4.74 Å².